The minimum absolute atomic E-state index is 0.0691. The maximum absolute atomic E-state index is 11.7. The van der Waals surface area contributed by atoms with E-state index in [2.05, 4.69) is 40.3 Å². The minimum atomic E-state index is -0.297. The van der Waals surface area contributed by atoms with Crippen LogP contribution in [-0.2, 0) is 4.79 Å². The molecule has 0 heterocycles. The zero-order valence-corrected chi connectivity index (χ0v) is 15.4. The van der Waals surface area contributed by atoms with E-state index in [1.807, 2.05) is 48.5 Å². The second-order valence-corrected chi connectivity index (χ2v) is 6.43. The van der Waals surface area contributed by atoms with E-state index in [4.69, 9.17) is 4.74 Å². The molecule has 24 heavy (non-hydrogen) atoms. The summed E-state index contributed by atoms with van der Waals surface area (Å²) >= 11 is 3.37. The molecule has 2 aromatic rings. The van der Waals surface area contributed by atoms with Crippen LogP contribution in [0.15, 0.2) is 58.1 Å². The predicted octanol–water partition coefficient (Wildman–Crippen LogP) is 4.49. The summed E-state index contributed by atoms with van der Waals surface area (Å²) < 4.78 is 6.46. The number of benzene rings is 2. The van der Waals surface area contributed by atoms with Gasteiger partial charge in [-0.3, -0.25) is 4.79 Å². The van der Waals surface area contributed by atoms with Crippen LogP contribution in [0.3, 0.4) is 0 Å². The molecule has 0 radical (unpaired) electrons. The molecule has 5 heteroatoms. The molecule has 0 aliphatic carbocycles. The minimum Gasteiger partial charge on any atom is -0.484 e. The van der Waals surface area contributed by atoms with E-state index in [0.717, 1.165) is 16.5 Å². The van der Waals surface area contributed by atoms with Crippen molar-refractivity contribution < 1.29 is 9.53 Å². The van der Waals surface area contributed by atoms with Gasteiger partial charge >= 0.3 is 0 Å². The van der Waals surface area contributed by atoms with Crippen LogP contribution < -0.4 is 10.2 Å². The Labute approximate surface area is 151 Å². The van der Waals surface area contributed by atoms with Gasteiger partial charge in [-0.2, -0.15) is 5.10 Å². The third-order valence-electron chi connectivity index (χ3n) is 3.70. The molecular formula is C19H21BrN2O2. The number of halogens is 1. The van der Waals surface area contributed by atoms with E-state index in [0.29, 0.717) is 11.7 Å². The van der Waals surface area contributed by atoms with Gasteiger partial charge in [-0.05, 0) is 47.7 Å². The van der Waals surface area contributed by atoms with Crippen LogP contribution in [0.5, 0.6) is 5.75 Å². The fourth-order valence-corrected chi connectivity index (χ4v) is 2.30. The van der Waals surface area contributed by atoms with Gasteiger partial charge < -0.3 is 4.74 Å². The lowest BCUT2D eigenvalue weighted by Crippen LogP contribution is -2.24. The summed E-state index contributed by atoms with van der Waals surface area (Å²) in [6, 6.07) is 15.5. The largest absolute Gasteiger partial charge is 0.484 e. The molecule has 2 aromatic carbocycles. The molecular weight excluding hydrogens is 368 g/mol. The Morgan fingerprint density at radius 3 is 2.50 bits per heavy atom. The lowest BCUT2D eigenvalue weighted by molar-refractivity contribution is -0.123. The maximum atomic E-state index is 11.7. The number of carbonyl (C=O) groups excluding carboxylic acids is 1. The first-order chi connectivity index (χ1) is 11.6. The smallest absolute Gasteiger partial charge is 0.277 e. The average Bonchev–Trinajstić information content (AvgIpc) is 2.61. The molecule has 0 aromatic heterocycles. The molecule has 1 N–H and O–H groups in total. The number of ether oxygens (including phenoxy) is 1. The molecule has 0 saturated heterocycles. The summed E-state index contributed by atoms with van der Waals surface area (Å²) in [5, 5.41) is 3.91. The van der Waals surface area contributed by atoms with E-state index in [-0.39, 0.29) is 12.5 Å². The molecule has 2 rings (SSSR count). The topological polar surface area (TPSA) is 50.7 Å². The van der Waals surface area contributed by atoms with Crippen molar-refractivity contribution in [2.75, 3.05) is 6.61 Å². The summed E-state index contributed by atoms with van der Waals surface area (Å²) in [6.45, 7) is 4.28. The Balaban J connectivity index is 1.77. The van der Waals surface area contributed by atoms with Gasteiger partial charge in [-0.1, -0.05) is 54.0 Å². The molecule has 126 valence electrons. The van der Waals surface area contributed by atoms with Gasteiger partial charge in [-0.25, -0.2) is 5.43 Å². The summed E-state index contributed by atoms with van der Waals surface area (Å²) in [5.74, 6) is 0.902. The molecule has 0 aliphatic rings. The number of amides is 1. The van der Waals surface area contributed by atoms with Crippen LogP contribution >= 0.6 is 15.9 Å². The number of nitrogens with one attached hydrogen (secondary N) is 1. The molecule has 0 fully saturated rings. The van der Waals surface area contributed by atoms with Crippen molar-refractivity contribution in [1.82, 2.24) is 5.43 Å². The Kier molecular flexibility index (Phi) is 7.00. The van der Waals surface area contributed by atoms with Crippen LogP contribution in [0.2, 0.25) is 0 Å². The molecule has 1 amide bonds. The second kappa shape index (κ2) is 9.23. The lowest BCUT2D eigenvalue weighted by Gasteiger charge is -2.10. The third kappa shape index (κ3) is 5.81. The van der Waals surface area contributed by atoms with Gasteiger partial charge in [0.1, 0.15) is 5.75 Å². The predicted molar refractivity (Wildman–Crippen MR) is 101 cm³/mol. The van der Waals surface area contributed by atoms with E-state index < -0.39 is 0 Å². The number of carbonyl (C=O) groups is 1. The van der Waals surface area contributed by atoms with Gasteiger partial charge in [0.05, 0.1) is 6.21 Å². The standard InChI is InChI=1S/C19H21BrN2O2/c1-3-14(2)16-6-10-18(11-7-16)24-13-19(23)22-21-12-15-4-8-17(20)9-5-15/h4-12,14H,3,13H2,1-2H3,(H,22,23)/b21-12+. The molecule has 0 spiro atoms. The van der Waals surface area contributed by atoms with Crippen LogP contribution in [0, 0.1) is 0 Å². The Bertz CT molecular complexity index is 682. The summed E-state index contributed by atoms with van der Waals surface area (Å²) in [6.07, 6.45) is 2.68. The summed E-state index contributed by atoms with van der Waals surface area (Å²) in [4.78, 5) is 11.7. The number of hydrogen-bond donors (Lipinski definition) is 1. The highest BCUT2D eigenvalue weighted by Gasteiger charge is 2.04. The first-order valence-electron chi connectivity index (χ1n) is 7.88. The number of hydrazone groups is 1. The second-order valence-electron chi connectivity index (χ2n) is 5.51. The van der Waals surface area contributed by atoms with Crippen LogP contribution in [0.4, 0.5) is 0 Å². The van der Waals surface area contributed by atoms with E-state index in [1.54, 1.807) is 6.21 Å². The quantitative estimate of drug-likeness (QED) is 0.560. The van der Waals surface area contributed by atoms with Gasteiger partial charge in [0.25, 0.3) is 5.91 Å². The number of nitrogens with zero attached hydrogens (tertiary/aromatic N) is 1. The fraction of sp³-hybridized carbons (Fsp3) is 0.263. The Hall–Kier alpha value is -2.14. The highest BCUT2D eigenvalue weighted by molar-refractivity contribution is 9.10. The van der Waals surface area contributed by atoms with Crippen molar-refractivity contribution in [1.29, 1.82) is 0 Å². The van der Waals surface area contributed by atoms with Crippen LogP contribution in [-0.4, -0.2) is 18.7 Å². The van der Waals surface area contributed by atoms with Gasteiger partial charge in [0.2, 0.25) is 0 Å². The van der Waals surface area contributed by atoms with E-state index >= 15 is 0 Å². The molecule has 1 atom stereocenters. The number of hydrogen-bond acceptors (Lipinski definition) is 3. The highest BCUT2D eigenvalue weighted by Crippen LogP contribution is 2.21. The van der Waals surface area contributed by atoms with E-state index in [9.17, 15) is 4.79 Å². The molecule has 0 bridgehead atoms. The van der Waals surface area contributed by atoms with E-state index in [1.165, 1.54) is 5.56 Å². The Morgan fingerprint density at radius 1 is 1.21 bits per heavy atom. The zero-order chi connectivity index (χ0) is 17.4. The first-order valence-corrected chi connectivity index (χ1v) is 8.68. The monoisotopic (exact) mass is 388 g/mol. The van der Waals surface area contributed by atoms with Gasteiger partial charge in [-0.15, -0.1) is 0 Å². The van der Waals surface area contributed by atoms with Crippen LogP contribution in [0.25, 0.3) is 0 Å². The normalized spacial score (nSPS) is 12.1. The summed E-state index contributed by atoms with van der Waals surface area (Å²) in [7, 11) is 0. The Morgan fingerprint density at radius 2 is 1.88 bits per heavy atom. The lowest BCUT2D eigenvalue weighted by atomic mass is 9.99. The average molecular weight is 389 g/mol. The molecule has 0 aliphatic heterocycles. The zero-order valence-electron chi connectivity index (χ0n) is 13.8. The van der Waals surface area contributed by atoms with Gasteiger partial charge in [0.15, 0.2) is 6.61 Å². The van der Waals surface area contributed by atoms with Crippen molar-refractivity contribution in [3.8, 4) is 5.75 Å². The SMILES string of the molecule is CCC(C)c1ccc(OCC(=O)N/N=C/c2ccc(Br)cc2)cc1. The number of rotatable bonds is 7. The third-order valence-corrected chi connectivity index (χ3v) is 4.23. The van der Waals surface area contributed by atoms with Crippen molar-refractivity contribution >= 4 is 28.1 Å². The van der Waals surface area contributed by atoms with Crippen molar-refractivity contribution in [2.45, 2.75) is 26.2 Å². The first kappa shape index (κ1) is 18.2. The summed E-state index contributed by atoms with van der Waals surface area (Å²) in [5.41, 5.74) is 4.62. The van der Waals surface area contributed by atoms with Crippen molar-refractivity contribution in [3.63, 3.8) is 0 Å². The van der Waals surface area contributed by atoms with Crippen LogP contribution in [0.1, 0.15) is 37.3 Å². The molecule has 1 unspecified atom stereocenters. The molecule has 4 nitrogen and oxygen atoms in total. The molecule has 0 saturated carbocycles. The van der Waals surface area contributed by atoms with Crippen molar-refractivity contribution in [3.05, 3.63) is 64.1 Å². The maximum Gasteiger partial charge on any atom is 0.277 e. The van der Waals surface area contributed by atoms with Crippen molar-refractivity contribution in [2.24, 2.45) is 5.10 Å². The van der Waals surface area contributed by atoms with Gasteiger partial charge in [0, 0.05) is 4.47 Å². The highest BCUT2D eigenvalue weighted by atomic mass is 79.9. The fourth-order valence-electron chi connectivity index (χ4n) is 2.04.